The van der Waals surface area contributed by atoms with Gasteiger partial charge in [0.25, 0.3) is 0 Å². The number of thioether (sulfide) groups is 1. The first-order valence-electron chi connectivity index (χ1n) is 4.13. The zero-order valence-electron chi connectivity index (χ0n) is 7.97. The van der Waals surface area contributed by atoms with E-state index in [1.54, 1.807) is 13.8 Å². The van der Waals surface area contributed by atoms with Gasteiger partial charge in [0.1, 0.15) is 5.25 Å². The second kappa shape index (κ2) is 5.48. The van der Waals surface area contributed by atoms with Crippen LogP contribution in [0.25, 0.3) is 0 Å². The lowest BCUT2D eigenvalue weighted by Gasteiger charge is -2.18. The minimum absolute atomic E-state index is 0.124. The van der Waals surface area contributed by atoms with E-state index in [0.29, 0.717) is 17.5 Å². The van der Waals surface area contributed by atoms with Crippen LogP contribution in [0.15, 0.2) is 0 Å². The third-order valence-electron chi connectivity index (χ3n) is 1.36. The predicted molar refractivity (Wildman–Crippen MR) is 49.4 cm³/mol. The van der Waals surface area contributed by atoms with Gasteiger partial charge in [0.15, 0.2) is 0 Å². The zero-order chi connectivity index (χ0) is 11.4. The fourth-order valence-corrected chi connectivity index (χ4v) is 1.80. The van der Waals surface area contributed by atoms with E-state index in [1.807, 2.05) is 0 Å². The lowest BCUT2D eigenvalue weighted by Crippen LogP contribution is -2.29. The Morgan fingerprint density at radius 1 is 1.43 bits per heavy atom. The SMILES string of the molecule is CC(C)CSC(CC(=O)O)C(F)(F)F. The molecule has 0 radical (unpaired) electrons. The number of halogens is 3. The summed E-state index contributed by atoms with van der Waals surface area (Å²) in [6.45, 7) is 3.59. The van der Waals surface area contributed by atoms with Crippen LogP contribution >= 0.6 is 11.8 Å². The molecule has 0 saturated heterocycles. The molecule has 1 atom stereocenters. The summed E-state index contributed by atoms with van der Waals surface area (Å²) in [5.74, 6) is -0.973. The number of rotatable bonds is 5. The number of carboxylic acid groups (broad SMARTS) is 1. The third kappa shape index (κ3) is 6.12. The summed E-state index contributed by atoms with van der Waals surface area (Å²) in [5, 5.41) is 6.51. The fourth-order valence-electron chi connectivity index (χ4n) is 0.736. The number of hydrogen-bond acceptors (Lipinski definition) is 2. The van der Waals surface area contributed by atoms with Crippen molar-refractivity contribution in [2.24, 2.45) is 5.92 Å². The summed E-state index contributed by atoms with van der Waals surface area (Å²) in [6.07, 6.45) is -5.29. The molecule has 0 bridgehead atoms. The van der Waals surface area contributed by atoms with Crippen LogP contribution in [0.3, 0.4) is 0 Å². The zero-order valence-corrected chi connectivity index (χ0v) is 8.78. The summed E-state index contributed by atoms with van der Waals surface area (Å²) in [6, 6.07) is 0. The van der Waals surface area contributed by atoms with Gasteiger partial charge in [0.2, 0.25) is 0 Å². The fraction of sp³-hybridized carbons (Fsp3) is 0.875. The van der Waals surface area contributed by atoms with Gasteiger partial charge < -0.3 is 5.11 Å². The Labute approximate surface area is 84.9 Å². The minimum atomic E-state index is -4.43. The van der Waals surface area contributed by atoms with Crippen LogP contribution < -0.4 is 0 Å². The Balaban J connectivity index is 4.19. The highest BCUT2D eigenvalue weighted by molar-refractivity contribution is 8.00. The van der Waals surface area contributed by atoms with E-state index in [0.717, 1.165) is 0 Å². The highest BCUT2D eigenvalue weighted by atomic mass is 32.2. The smallest absolute Gasteiger partial charge is 0.401 e. The van der Waals surface area contributed by atoms with E-state index < -0.39 is 23.8 Å². The predicted octanol–water partition coefficient (Wildman–Crippen LogP) is 2.78. The molecule has 0 amide bonds. The van der Waals surface area contributed by atoms with Crippen LogP contribution in [0.4, 0.5) is 13.2 Å². The molecule has 0 aliphatic heterocycles. The van der Waals surface area contributed by atoms with Gasteiger partial charge in [0.05, 0.1) is 6.42 Å². The second-order valence-electron chi connectivity index (χ2n) is 3.36. The molecule has 0 aliphatic carbocycles. The lowest BCUT2D eigenvalue weighted by molar-refractivity contribution is -0.149. The summed E-state index contributed by atoms with van der Waals surface area (Å²) < 4.78 is 36.7. The molecule has 6 heteroatoms. The van der Waals surface area contributed by atoms with Crippen molar-refractivity contribution in [3.63, 3.8) is 0 Å². The van der Waals surface area contributed by atoms with Gasteiger partial charge >= 0.3 is 12.1 Å². The van der Waals surface area contributed by atoms with Crippen LogP contribution in [0.5, 0.6) is 0 Å². The number of carbonyl (C=O) groups is 1. The number of carboxylic acids is 1. The molecule has 0 aliphatic rings. The Hall–Kier alpha value is -0.390. The van der Waals surface area contributed by atoms with Gasteiger partial charge in [-0.25, -0.2) is 0 Å². The Morgan fingerprint density at radius 2 is 1.93 bits per heavy atom. The molecule has 84 valence electrons. The normalized spacial score (nSPS) is 14.4. The summed E-state index contributed by atoms with van der Waals surface area (Å²) >= 11 is 0.659. The third-order valence-corrected chi connectivity index (χ3v) is 3.05. The van der Waals surface area contributed by atoms with E-state index >= 15 is 0 Å². The lowest BCUT2D eigenvalue weighted by atomic mass is 10.3. The van der Waals surface area contributed by atoms with E-state index in [4.69, 9.17) is 5.11 Å². The first-order valence-corrected chi connectivity index (χ1v) is 5.18. The van der Waals surface area contributed by atoms with Gasteiger partial charge in [-0.2, -0.15) is 13.2 Å². The molecular weight excluding hydrogens is 217 g/mol. The van der Waals surface area contributed by atoms with Gasteiger partial charge in [0, 0.05) is 0 Å². The maximum Gasteiger partial charge on any atom is 0.401 e. The maximum atomic E-state index is 12.2. The molecule has 0 aromatic rings. The molecule has 1 unspecified atom stereocenters. The van der Waals surface area contributed by atoms with E-state index in [9.17, 15) is 18.0 Å². The number of aliphatic carboxylic acids is 1. The monoisotopic (exact) mass is 230 g/mol. The van der Waals surface area contributed by atoms with Crippen molar-refractivity contribution in [3.05, 3.63) is 0 Å². The second-order valence-corrected chi connectivity index (χ2v) is 4.59. The van der Waals surface area contributed by atoms with Crippen LogP contribution in [0, 0.1) is 5.92 Å². The van der Waals surface area contributed by atoms with Crippen molar-refractivity contribution >= 4 is 17.7 Å². The van der Waals surface area contributed by atoms with Crippen molar-refractivity contribution < 1.29 is 23.1 Å². The Bertz CT molecular complexity index is 192. The van der Waals surface area contributed by atoms with Crippen molar-refractivity contribution in [1.82, 2.24) is 0 Å². The first kappa shape index (κ1) is 13.6. The molecule has 2 nitrogen and oxygen atoms in total. The molecular formula is C8H13F3O2S. The molecule has 0 aromatic carbocycles. The maximum absolute atomic E-state index is 12.2. The average Bonchev–Trinajstić information content (AvgIpc) is 1.94. The molecule has 0 heterocycles. The van der Waals surface area contributed by atoms with E-state index in [2.05, 4.69) is 0 Å². The molecule has 0 rings (SSSR count). The van der Waals surface area contributed by atoms with Crippen molar-refractivity contribution in [2.75, 3.05) is 5.75 Å². The van der Waals surface area contributed by atoms with Crippen LogP contribution in [-0.4, -0.2) is 28.3 Å². The molecule has 1 N–H and O–H groups in total. The molecule has 0 saturated carbocycles. The van der Waals surface area contributed by atoms with Gasteiger partial charge in [-0.15, -0.1) is 11.8 Å². The van der Waals surface area contributed by atoms with Crippen molar-refractivity contribution in [2.45, 2.75) is 31.7 Å². The standard InChI is InChI=1S/C8H13F3O2S/c1-5(2)4-14-6(3-7(12)13)8(9,10)11/h5-6H,3-4H2,1-2H3,(H,12,13). The van der Waals surface area contributed by atoms with Crippen molar-refractivity contribution in [3.8, 4) is 0 Å². The molecule has 0 aromatic heterocycles. The topological polar surface area (TPSA) is 37.3 Å². The first-order chi connectivity index (χ1) is 6.23. The Kier molecular flexibility index (Phi) is 5.33. The van der Waals surface area contributed by atoms with E-state index in [1.165, 1.54) is 0 Å². The summed E-state index contributed by atoms with van der Waals surface area (Å²) in [5.41, 5.74) is 0. The quantitative estimate of drug-likeness (QED) is 0.789. The minimum Gasteiger partial charge on any atom is -0.481 e. The Morgan fingerprint density at radius 3 is 2.21 bits per heavy atom. The average molecular weight is 230 g/mol. The highest BCUT2D eigenvalue weighted by Gasteiger charge is 2.41. The van der Waals surface area contributed by atoms with Crippen LogP contribution in [-0.2, 0) is 4.79 Å². The molecule has 0 fully saturated rings. The van der Waals surface area contributed by atoms with Gasteiger partial charge in [-0.3, -0.25) is 4.79 Å². The van der Waals surface area contributed by atoms with E-state index in [-0.39, 0.29) is 5.92 Å². The summed E-state index contributed by atoms with van der Waals surface area (Å²) in [7, 11) is 0. The number of hydrogen-bond donors (Lipinski definition) is 1. The summed E-state index contributed by atoms with van der Waals surface area (Å²) in [4.78, 5) is 10.2. The highest BCUT2D eigenvalue weighted by Crippen LogP contribution is 2.33. The van der Waals surface area contributed by atoms with Crippen molar-refractivity contribution in [1.29, 1.82) is 0 Å². The van der Waals surface area contributed by atoms with Gasteiger partial charge in [-0.1, -0.05) is 13.8 Å². The van der Waals surface area contributed by atoms with Crippen LogP contribution in [0.2, 0.25) is 0 Å². The molecule has 0 spiro atoms. The largest absolute Gasteiger partial charge is 0.481 e. The van der Waals surface area contributed by atoms with Crippen LogP contribution in [0.1, 0.15) is 20.3 Å². The number of alkyl halides is 3. The van der Waals surface area contributed by atoms with Gasteiger partial charge in [-0.05, 0) is 11.7 Å². The molecule has 14 heavy (non-hydrogen) atoms.